The Bertz CT molecular complexity index is 1950. The average molecular weight is 705 g/mol. The van der Waals surface area contributed by atoms with Crippen LogP contribution in [-0.4, -0.2) is 72.7 Å². The van der Waals surface area contributed by atoms with Gasteiger partial charge in [0.2, 0.25) is 5.56 Å². The van der Waals surface area contributed by atoms with Crippen LogP contribution in [0.1, 0.15) is 79.1 Å². The van der Waals surface area contributed by atoms with Crippen LogP contribution in [0.2, 0.25) is 0 Å². The standard InChI is InChI=1S/C42H52N6O4/c49-37-17-15-35(36-16-18-39(51)45-40(36)37)38(50)27-43-23-19-30-11-13-31(14-12-30)20-24-47-25-21-32(22-26-47)28-48-29-44-41(46-48)42(52,33-7-3-1-4-8-33)34-9-5-2-6-10-34/h1,3-4,7-8,11-18,29,32,34,38,43,49-50,52H,2,5-6,9-10,19-28H2,(H,45,51)/t38-,42-/m0/s1. The third-order valence-corrected chi connectivity index (χ3v) is 11.4. The minimum atomic E-state index is -1.15. The molecule has 5 aromatic rings. The van der Waals surface area contributed by atoms with Crippen molar-refractivity contribution in [3.05, 3.63) is 124 Å². The number of rotatable bonds is 14. The lowest BCUT2D eigenvalue weighted by Crippen LogP contribution is -2.39. The number of nitrogens with zero attached hydrogens (tertiary/aromatic N) is 4. The number of aromatic amines is 1. The molecule has 2 aliphatic rings. The van der Waals surface area contributed by atoms with E-state index < -0.39 is 11.7 Å². The summed E-state index contributed by atoms with van der Waals surface area (Å²) in [5.41, 5.74) is 3.05. The van der Waals surface area contributed by atoms with Gasteiger partial charge in [-0.3, -0.25) is 9.48 Å². The van der Waals surface area contributed by atoms with Crippen molar-refractivity contribution in [3.8, 4) is 5.75 Å². The topological polar surface area (TPSA) is 140 Å². The number of nitrogens with one attached hydrogen (secondary N) is 2. The lowest BCUT2D eigenvalue weighted by molar-refractivity contribution is -0.00865. The smallest absolute Gasteiger partial charge is 0.248 e. The van der Waals surface area contributed by atoms with E-state index >= 15 is 0 Å². The number of benzene rings is 3. The summed E-state index contributed by atoms with van der Waals surface area (Å²) >= 11 is 0. The van der Waals surface area contributed by atoms with Crippen molar-refractivity contribution >= 4 is 10.9 Å². The number of H-pyrrole nitrogens is 1. The van der Waals surface area contributed by atoms with E-state index in [1.807, 2.05) is 41.3 Å². The molecule has 0 radical (unpaired) electrons. The van der Waals surface area contributed by atoms with Crippen molar-refractivity contribution < 1.29 is 15.3 Å². The highest BCUT2D eigenvalue weighted by Crippen LogP contribution is 2.42. The summed E-state index contributed by atoms with van der Waals surface area (Å²) in [6, 6.07) is 25.1. The van der Waals surface area contributed by atoms with Crippen LogP contribution in [0, 0.1) is 11.8 Å². The summed E-state index contributed by atoms with van der Waals surface area (Å²) in [6.45, 7) is 5.13. The summed E-state index contributed by atoms with van der Waals surface area (Å²) in [5, 5.41) is 42.0. The first-order valence-corrected chi connectivity index (χ1v) is 19.1. The Kier molecular flexibility index (Phi) is 11.5. The zero-order chi connectivity index (χ0) is 35.9. The van der Waals surface area contributed by atoms with E-state index in [1.54, 1.807) is 12.1 Å². The van der Waals surface area contributed by atoms with Gasteiger partial charge in [-0.25, -0.2) is 4.98 Å². The number of aromatic nitrogens is 4. The number of piperidine rings is 1. The molecule has 0 amide bonds. The van der Waals surface area contributed by atoms with E-state index in [2.05, 4.69) is 39.5 Å². The quantitative estimate of drug-likeness (QED) is 0.0961. The number of phenolic OH excluding ortho intramolecular Hbond substituents is 1. The molecule has 0 spiro atoms. The van der Waals surface area contributed by atoms with Crippen LogP contribution in [0.4, 0.5) is 0 Å². The normalized spacial score (nSPS) is 18.0. The van der Waals surface area contributed by atoms with Crippen LogP contribution in [0.3, 0.4) is 0 Å². The molecule has 5 N–H and O–H groups in total. The van der Waals surface area contributed by atoms with Crippen molar-refractivity contribution in [2.75, 3.05) is 32.7 Å². The Morgan fingerprint density at radius 1 is 0.885 bits per heavy atom. The molecule has 2 fully saturated rings. The molecule has 1 aliphatic carbocycles. The molecule has 1 saturated heterocycles. The first-order chi connectivity index (χ1) is 25.4. The monoisotopic (exact) mass is 704 g/mol. The summed E-state index contributed by atoms with van der Waals surface area (Å²) in [5.74, 6) is 1.22. The zero-order valence-electron chi connectivity index (χ0n) is 30.0. The predicted octanol–water partition coefficient (Wildman–Crippen LogP) is 5.46. The molecule has 0 unspecified atom stereocenters. The van der Waals surface area contributed by atoms with Crippen molar-refractivity contribution in [3.63, 3.8) is 0 Å². The van der Waals surface area contributed by atoms with Gasteiger partial charge in [0.05, 0.1) is 11.6 Å². The maximum Gasteiger partial charge on any atom is 0.248 e. The van der Waals surface area contributed by atoms with Gasteiger partial charge in [0.15, 0.2) is 11.4 Å². The summed E-state index contributed by atoms with van der Waals surface area (Å²) < 4.78 is 1.97. The van der Waals surface area contributed by atoms with Gasteiger partial charge in [0.1, 0.15) is 12.1 Å². The third kappa shape index (κ3) is 8.31. The Balaban J connectivity index is 0.835. The zero-order valence-corrected chi connectivity index (χ0v) is 30.0. The molecule has 2 aromatic heterocycles. The van der Waals surface area contributed by atoms with Crippen LogP contribution >= 0.6 is 0 Å². The minimum Gasteiger partial charge on any atom is -0.506 e. The molecular formula is C42H52N6O4. The molecule has 1 saturated carbocycles. The second kappa shape index (κ2) is 16.5. The molecule has 0 bridgehead atoms. The number of aromatic hydroxyl groups is 1. The molecular weight excluding hydrogens is 652 g/mol. The van der Waals surface area contributed by atoms with E-state index in [9.17, 15) is 20.1 Å². The number of aliphatic hydroxyl groups is 2. The van der Waals surface area contributed by atoms with E-state index in [0.717, 1.165) is 89.7 Å². The SMILES string of the molecule is O=c1ccc2c([C@@H](O)CNCCc3ccc(CCN4CCC(Cn5cnc([C@](O)(c6ccccc6)C6CCCCC6)n5)CC4)cc3)ccc(O)c2[nH]1. The van der Waals surface area contributed by atoms with Crippen LogP contribution in [-0.2, 0) is 25.0 Å². The number of hydrogen-bond donors (Lipinski definition) is 5. The van der Waals surface area contributed by atoms with Crippen LogP contribution in [0.5, 0.6) is 5.75 Å². The number of fused-ring (bicyclic) bond motifs is 1. The highest BCUT2D eigenvalue weighted by molar-refractivity contribution is 5.87. The molecule has 3 heterocycles. The summed E-state index contributed by atoms with van der Waals surface area (Å²) in [4.78, 5) is 21.6. The Morgan fingerprint density at radius 2 is 1.62 bits per heavy atom. The second-order valence-corrected chi connectivity index (χ2v) is 14.9. The largest absolute Gasteiger partial charge is 0.506 e. The lowest BCUT2D eigenvalue weighted by Gasteiger charge is -2.37. The summed E-state index contributed by atoms with van der Waals surface area (Å²) in [6.07, 6.45) is 10.7. The second-order valence-electron chi connectivity index (χ2n) is 14.9. The van der Waals surface area contributed by atoms with E-state index in [4.69, 9.17) is 10.1 Å². The number of hydrogen-bond acceptors (Lipinski definition) is 8. The average Bonchev–Trinajstić information content (AvgIpc) is 3.66. The fraction of sp³-hybridized carbons (Fsp3) is 0.452. The Labute approximate surface area is 305 Å². The molecule has 52 heavy (non-hydrogen) atoms. The Hall–Kier alpha value is -4.35. The number of likely N-dealkylation sites (tertiary alicyclic amines) is 1. The molecule has 274 valence electrons. The molecule has 2 atom stereocenters. The first-order valence-electron chi connectivity index (χ1n) is 19.1. The van der Waals surface area contributed by atoms with Gasteiger partial charge in [-0.05, 0) is 104 Å². The lowest BCUT2D eigenvalue weighted by atomic mass is 9.73. The number of pyridine rings is 1. The number of aliphatic hydroxyl groups excluding tert-OH is 1. The first kappa shape index (κ1) is 36.0. The minimum absolute atomic E-state index is 0.0118. The third-order valence-electron chi connectivity index (χ3n) is 11.4. The van der Waals surface area contributed by atoms with Crippen LogP contribution in [0.25, 0.3) is 10.9 Å². The van der Waals surface area contributed by atoms with E-state index in [1.165, 1.54) is 29.7 Å². The van der Waals surface area contributed by atoms with Gasteiger partial charge in [-0.2, -0.15) is 5.10 Å². The van der Waals surface area contributed by atoms with Gasteiger partial charge in [-0.15, -0.1) is 0 Å². The van der Waals surface area contributed by atoms with Gasteiger partial charge < -0.3 is 30.5 Å². The number of phenols is 1. The molecule has 7 rings (SSSR count). The van der Waals surface area contributed by atoms with Crippen molar-refractivity contribution in [2.45, 2.75) is 76.0 Å². The fourth-order valence-electron chi connectivity index (χ4n) is 8.27. The van der Waals surface area contributed by atoms with Gasteiger partial charge in [0, 0.05) is 31.1 Å². The summed E-state index contributed by atoms with van der Waals surface area (Å²) in [7, 11) is 0. The molecule has 10 heteroatoms. The van der Waals surface area contributed by atoms with Crippen LogP contribution in [0.15, 0.2) is 90.0 Å². The van der Waals surface area contributed by atoms with Crippen molar-refractivity contribution in [1.82, 2.24) is 30.0 Å². The molecule has 3 aromatic carbocycles. The maximum atomic E-state index is 12.2. The van der Waals surface area contributed by atoms with Crippen LogP contribution < -0.4 is 10.9 Å². The van der Waals surface area contributed by atoms with Crippen molar-refractivity contribution in [1.29, 1.82) is 0 Å². The Morgan fingerprint density at radius 3 is 2.37 bits per heavy atom. The molecule has 1 aliphatic heterocycles. The van der Waals surface area contributed by atoms with Gasteiger partial charge in [0.25, 0.3) is 0 Å². The highest BCUT2D eigenvalue weighted by atomic mass is 16.3. The highest BCUT2D eigenvalue weighted by Gasteiger charge is 2.44. The van der Waals surface area contributed by atoms with E-state index in [0.29, 0.717) is 34.8 Å². The van der Waals surface area contributed by atoms with Gasteiger partial charge in [-0.1, -0.05) is 79.9 Å². The predicted molar refractivity (Wildman–Crippen MR) is 203 cm³/mol. The maximum absolute atomic E-state index is 12.2. The molecule has 10 nitrogen and oxygen atoms in total. The fourth-order valence-corrected chi connectivity index (χ4v) is 8.27. The van der Waals surface area contributed by atoms with Gasteiger partial charge >= 0.3 is 0 Å². The van der Waals surface area contributed by atoms with Crippen molar-refractivity contribution in [2.24, 2.45) is 11.8 Å². The van der Waals surface area contributed by atoms with E-state index in [-0.39, 0.29) is 17.2 Å².